The van der Waals surface area contributed by atoms with Crippen LogP contribution in [0.4, 0.5) is 0 Å². The number of fused-ring (bicyclic) bond motifs is 2. The Morgan fingerprint density at radius 2 is 1.77 bits per heavy atom. The van der Waals surface area contributed by atoms with Crippen molar-refractivity contribution in [3.63, 3.8) is 0 Å². The monoisotopic (exact) mass is 603 g/mol. The molecule has 0 saturated carbocycles. The van der Waals surface area contributed by atoms with Crippen molar-refractivity contribution in [2.24, 2.45) is 5.92 Å². The Morgan fingerprint density at radius 3 is 2.33 bits per heavy atom. The fourth-order valence-corrected chi connectivity index (χ4v) is 5.96. The molecule has 0 amide bonds. The van der Waals surface area contributed by atoms with Gasteiger partial charge in [-0.05, 0) is 30.9 Å². The topological polar surface area (TPSA) is 200 Å². The summed E-state index contributed by atoms with van der Waals surface area (Å²) in [5, 5.41) is 41.1. The zero-order valence-electron chi connectivity index (χ0n) is 24.6. The molecule has 2 aromatic rings. The van der Waals surface area contributed by atoms with Gasteiger partial charge in [-0.2, -0.15) is 5.10 Å². The molecular formula is C29H37N3O11. The van der Waals surface area contributed by atoms with Crippen molar-refractivity contribution in [3.8, 4) is 0 Å². The molecule has 0 spiro atoms. The molecule has 2 aliphatic rings. The lowest BCUT2D eigenvalue weighted by Crippen LogP contribution is -2.74. The van der Waals surface area contributed by atoms with E-state index < -0.39 is 59.3 Å². The molecular weight excluding hydrogens is 566 g/mol. The predicted octanol–water partition coefficient (Wildman–Crippen LogP) is 0.596. The Bertz CT molecular complexity index is 1370. The first kappa shape index (κ1) is 32.2. The maximum Gasteiger partial charge on any atom is 0.345 e. The van der Waals surface area contributed by atoms with Gasteiger partial charge in [0.05, 0.1) is 14.2 Å². The smallest absolute Gasteiger partial charge is 0.345 e. The number of esters is 3. The number of nitrogens with one attached hydrogen (secondary N) is 1. The van der Waals surface area contributed by atoms with Crippen LogP contribution in [0.2, 0.25) is 0 Å². The third-order valence-corrected chi connectivity index (χ3v) is 8.02. The van der Waals surface area contributed by atoms with Gasteiger partial charge in [-0.3, -0.25) is 9.89 Å². The van der Waals surface area contributed by atoms with Gasteiger partial charge in [-0.15, -0.1) is 0 Å². The van der Waals surface area contributed by atoms with Crippen molar-refractivity contribution in [1.29, 1.82) is 0 Å². The van der Waals surface area contributed by atoms with Crippen LogP contribution in [-0.2, 0) is 44.5 Å². The first-order chi connectivity index (χ1) is 20.3. The number of hydrogen-bond acceptors (Lipinski definition) is 13. The molecule has 0 unspecified atom stereocenters. The molecule has 4 rings (SSSR count). The van der Waals surface area contributed by atoms with Crippen molar-refractivity contribution >= 4 is 17.9 Å². The highest BCUT2D eigenvalue weighted by atomic mass is 16.8. The number of nitrogens with zero attached hydrogens (tertiary/aromatic N) is 2. The van der Waals surface area contributed by atoms with Crippen molar-refractivity contribution in [1.82, 2.24) is 15.2 Å². The third-order valence-electron chi connectivity index (χ3n) is 8.02. The molecule has 0 aliphatic carbocycles. The molecule has 234 valence electrons. The van der Waals surface area contributed by atoms with Crippen molar-refractivity contribution in [2.45, 2.75) is 81.4 Å². The van der Waals surface area contributed by atoms with E-state index in [9.17, 15) is 29.7 Å². The lowest BCUT2D eigenvalue weighted by molar-refractivity contribution is -0.384. The highest BCUT2D eigenvalue weighted by Crippen LogP contribution is 2.59. The summed E-state index contributed by atoms with van der Waals surface area (Å²) in [6.07, 6.45) is -6.54. The summed E-state index contributed by atoms with van der Waals surface area (Å²) in [6.45, 7) is 8.82. The number of carbonyl (C=O) groups is 3. The lowest BCUT2D eigenvalue weighted by atomic mass is 9.74. The van der Waals surface area contributed by atoms with Crippen molar-refractivity contribution in [2.75, 3.05) is 14.2 Å². The average Bonchev–Trinajstić information content (AvgIpc) is 3.50. The third kappa shape index (κ3) is 5.33. The number of hydrogen-bond donors (Lipinski definition) is 4. The van der Waals surface area contributed by atoms with Gasteiger partial charge in [-0.1, -0.05) is 43.8 Å². The molecule has 1 aromatic heterocycles. The first-order valence-electron chi connectivity index (χ1n) is 13.7. The molecule has 2 saturated heterocycles. The summed E-state index contributed by atoms with van der Waals surface area (Å²) in [4.78, 5) is 42.7. The van der Waals surface area contributed by atoms with E-state index in [4.69, 9.17) is 23.7 Å². The van der Waals surface area contributed by atoms with Gasteiger partial charge >= 0.3 is 17.9 Å². The Labute approximate surface area is 248 Å². The van der Waals surface area contributed by atoms with Crippen LogP contribution in [0.25, 0.3) is 0 Å². The predicted molar refractivity (Wildman–Crippen MR) is 146 cm³/mol. The van der Waals surface area contributed by atoms with E-state index in [1.165, 1.54) is 13.8 Å². The molecule has 2 fully saturated rings. The molecule has 14 heteroatoms. The van der Waals surface area contributed by atoms with E-state index in [-0.39, 0.29) is 30.4 Å². The van der Waals surface area contributed by atoms with Crippen LogP contribution < -0.4 is 0 Å². The fraction of sp³-hybridized carbons (Fsp3) is 0.552. The summed E-state index contributed by atoms with van der Waals surface area (Å²) in [5.74, 6) is -5.74. The minimum atomic E-state index is -3.09. The lowest BCUT2D eigenvalue weighted by Gasteiger charge is -2.50. The van der Waals surface area contributed by atoms with Gasteiger partial charge in [0.25, 0.3) is 0 Å². The van der Waals surface area contributed by atoms with Crippen LogP contribution in [0, 0.1) is 12.8 Å². The number of benzene rings is 1. The van der Waals surface area contributed by atoms with E-state index in [1.54, 1.807) is 0 Å². The van der Waals surface area contributed by atoms with E-state index >= 15 is 0 Å². The Kier molecular flexibility index (Phi) is 9.09. The number of aromatic nitrogens is 3. The number of aromatic amines is 1. The minimum absolute atomic E-state index is 0.00306. The normalized spacial score (nSPS) is 31.1. The summed E-state index contributed by atoms with van der Waals surface area (Å²) < 4.78 is 27.4. The largest absolute Gasteiger partial charge is 0.467 e. The van der Waals surface area contributed by atoms with Crippen LogP contribution >= 0.6 is 0 Å². The first-order valence-corrected chi connectivity index (χ1v) is 13.7. The zero-order chi connectivity index (χ0) is 31.7. The number of H-pyrrole nitrogens is 1. The molecule has 3 heterocycles. The summed E-state index contributed by atoms with van der Waals surface area (Å²) >= 11 is 0. The second kappa shape index (κ2) is 12.1. The summed E-state index contributed by atoms with van der Waals surface area (Å²) in [7, 11) is 1.91. The Morgan fingerprint density at radius 1 is 1.12 bits per heavy atom. The fourth-order valence-electron chi connectivity index (χ4n) is 5.96. The minimum Gasteiger partial charge on any atom is -0.467 e. The van der Waals surface area contributed by atoms with Crippen LogP contribution in [0.1, 0.15) is 50.0 Å². The van der Waals surface area contributed by atoms with Crippen LogP contribution in [0.5, 0.6) is 0 Å². The molecule has 0 radical (unpaired) electrons. The number of methoxy groups -OCH3 is 2. The Balaban J connectivity index is 1.72. The maximum atomic E-state index is 13.3. The Hall–Kier alpha value is -3.69. The SMILES string of the molecule is C=C(CC[C@]12O[C@H](c3nc(C)n[nH]3)[C@@](O)(C(=O)OC)[C@](C(=O)OC)(O1)[C@H](O)[C@H]2O)[C@@H](OC(C)=O)[C@H](C)Cc1ccccc1. The molecule has 14 nitrogen and oxygen atoms in total. The van der Waals surface area contributed by atoms with Crippen LogP contribution in [-0.4, -0.2) is 97.9 Å². The van der Waals surface area contributed by atoms with Gasteiger partial charge in [0.1, 0.15) is 24.1 Å². The molecule has 2 bridgehead atoms. The van der Waals surface area contributed by atoms with E-state index in [1.807, 2.05) is 37.3 Å². The van der Waals surface area contributed by atoms with E-state index in [0.717, 1.165) is 19.8 Å². The van der Waals surface area contributed by atoms with E-state index in [0.29, 0.717) is 12.0 Å². The number of aryl methyl sites for hydroxylation is 1. The van der Waals surface area contributed by atoms with Gasteiger partial charge in [0.2, 0.25) is 11.2 Å². The highest BCUT2D eigenvalue weighted by molar-refractivity contribution is 5.95. The standard InChI is InChI=1S/C29H37N3O11/c1-15(20(41-18(4)33)16(2)14-19-10-8-7-9-11-19)12-13-27-21(34)22(35)29(43-27,26(37)40-6)28(38,25(36)39-5)23(42-27)24-30-17(3)31-32-24/h7-11,16,20-23,34-35,38H,1,12-14H2,2-6H3,(H,30,31,32)/t16-,20-,21-,22-,23-,27+,28-,29+/m1/s1. The molecule has 43 heavy (non-hydrogen) atoms. The maximum absolute atomic E-state index is 13.3. The van der Waals surface area contributed by atoms with Gasteiger partial charge in [-0.25, -0.2) is 14.6 Å². The zero-order valence-corrected chi connectivity index (χ0v) is 24.6. The number of carbonyl (C=O) groups excluding carboxylic acids is 3. The second-order valence-electron chi connectivity index (χ2n) is 10.9. The van der Waals surface area contributed by atoms with Crippen molar-refractivity contribution < 1.29 is 53.4 Å². The van der Waals surface area contributed by atoms with E-state index in [2.05, 4.69) is 21.8 Å². The van der Waals surface area contributed by atoms with Gasteiger partial charge < -0.3 is 39.0 Å². The average molecular weight is 604 g/mol. The number of rotatable bonds is 11. The molecule has 4 N–H and O–H groups in total. The number of aliphatic hydroxyl groups excluding tert-OH is 2. The van der Waals surface area contributed by atoms with Crippen LogP contribution in [0.15, 0.2) is 42.5 Å². The molecule has 8 atom stereocenters. The van der Waals surface area contributed by atoms with Gasteiger partial charge in [0.15, 0.2) is 17.7 Å². The van der Waals surface area contributed by atoms with Crippen LogP contribution in [0.3, 0.4) is 0 Å². The summed E-state index contributed by atoms with van der Waals surface area (Å²) in [5.41, 5.74) is -4.56. The molecule has 2 aliphatic heterocycles. The van der Waals surface area contributed by atoms with Crippen molar-refractivity contribution in [3.05, 3.63) is 59.7 Å². The second-order valence-corrected chi connectivity index (χ2v) is 10.9. The number of aliphatic hydroxyl groups is 3. The number of ether oxygens (including phenoxy) is 5. The summed E-state index contributed by atoms with van der Waals surface area (Å²) in [6, 6.07) is 9.59. The van der Waals surface area contributed by atoms with Gasteiger partial charge in [0, 0.05) is 19.3 Å². The highest BCUT2D eigenvalue weighted by Gasteiger charge is 2.84. The molecule has 1 aromatic carbocycles. The quantitative estimate of drug-likeness (QED) is 0.158.